The lowest BCUT2D eigenvalue weighted by molar-refractivity contribution is -0.114. The van der Waals surface area contributed by atoms with Crippen molar-refractivity contribution >= 4 is 23.2 Å². The van der Waals surface area contributed by atoms with Crippen LogP contribution in [-0.2, 0) is 4.79 Å². The van der Waals surface area contributed by atoms with Crippen LogP contribution in [0.4, 0.5) is 5.69 Å². The van der Waals surface area contributed by atoms with Gasteiger partial charge >= 0.3 is 0 Å². The van der Waals surface area contributed by atoms with Gasteiger partial charge in [0, 0.05) is 23.6 Å². The second-order valence-corrected chi connectivity index (χ2v) is 4.25. The molecule has 19 heavy (non-hydrogen) atoms. The molecule has 1 aromatic heterocycles. The second-order valence-electron chi connectivity index (χ2n) is 3.82. The summed E-state index contributed by atoms with van der Waals surface area (Å²) in [6, 6.07) is 6.84. The number of ether oxygens (including phenoxy) is 1. The molecule has 1 aromatic carbocycles. The minimum absolute atomic E-state index is 0.162. The fourth-order valence-electron chi connectivity index (χ4n) is 1.63. The van der Waals surface area contributed by atoms with Gasteiger partial charge in [0.25, 0.3) is 0 Å². The zero-order chi connectivity index (χ0) is 13.8. The third-order valence-corrected chi connectivity index (χ3v) is 2.65. The molecule has 0 aliphatic heterocycles. The first-order valence-electron chi connectivity index (χ1n) is 5.53. The smallest absolute Gasteiger partial charge is 0.221 e. The normalized spacial score (nSPS) is 10.1. The van der Waals surface area contributed by atoms with Gasteiger partial charge in [-0.2, -0.15) is 0 Å². The van der Waals surface area contributed by atoms with Crippen molar-refractivity contribution in [2.45, 2.75) is 6.92 Å². The summed E-state index contributed by atoms with van der Waals surface area (Å²) < 4.78 is 5.06. The molecule has 2 rings (SSSR count). The Kier molecular flexibility index (Phi) is 3.97. The average molecular weight is 278 g/mol. The van der Waals surface area contributed by atoms with Crippen molar-refractivity contribution in [2.75, 3.05) is 12.4 Å². The number of anilines is 1. The number of halogens is 1. The molecule has 0 unspecified atom stereocenters. The largest absolute Gasteiger partial charge is 0.481 e. The molecular formula is C13H12ClN3O2. The number of nitrogens with one attached hydrogen (secondary N) is 1. The zero-order valence-corrected chi connectivity index (χ0v) is 11.2. The third-order valence-electron chi connectivity index (χ3n) is 2.42. The van der Waals surface area contributed by atoms with E-state index in [0.29, 0.717) is 27.8 Å². The molecule has 0 spiro atoms. The molecule has 0 aliphatic carbocycles. The van der Waals surface area contributed by atoms with Crippen LogP contribution in [0.2, 0.25) is 5.02 Å². The molecule has 0 bridgehead atoms. The van der Waals surface area contributed by atoms with Gasteiger partial charge in [-0.25, -0.2) is 9.97 Å². The van der Waals surface area contributed by atoms with E-state index in [1.54, 1.807) is 24.3 Å². The molecule has 5 nitrogen and oxygen atoms in total. The Balaban J connectivity index is 2.52. The first-order chi connectivity index (χ1) is 9.10. The number of rotatable bonds is 3. The molecule has 0 atom stereocenters. The molecule has 1 amide bonds. The number of carbonyl (C=O) groups excluding carboxylic acids is 1. The predicted octanol–water partition coefficient (Wildman–Crippen LogP) is 2.76. The van der Waals surface area contributed by atoms with Crippen molar-refractivity contribution < 1.29 is 9.53 Å². The standard InChI is InChI=1S/C13H12ClN3O2/c1-8(18)17-11-4-3-9(14)5-10(11)12-6-13(19-2)16-7-15-12/h3-7H,1-2H3,(H,17,18). The Morgan fingerprint density at radius 1 is 1.32 bits per heavy atom. The summed E-state index contributed by atoms with van der Waals surface area (Å²) in [5.74, 6) is 0.281. The number of benzene rings is 1. The SMILES string of the molecule is COc1cc(-c2cc(Cl)ccc2NC(C)=O)ncn1. The summed E-state index contributed by atoms with van der Waals surface area (Å²) in [4.78, 5) is 19.3. The minimum atomic E-state index is -0.162. The number of hydrogen-bond donors (Lipinski definition) is 1. The van der Waals surface area contributed by atoms with E-state index in [1.807, 2.05) is 0 Å². The van der Waals surface area contributed by atoms with E-state index >= 15 is 0 Å². The van der Waals surface area contributed by atoms with E-state index in [1.165, 1.54) is 20.4 Å². The highest BCUT2D eigenvalue weighted by molar-refractivity contribution is 6.31. The van der Waals surface area contributed by atoms with Crippen molar-refractivity contribution in [1.82, 2.24) is 9.97 Å². The van der Waals surface area contributed by atoms with Crippen molar-refractivity contribution in [2.24, 2.45) is 0 Å². The van der Waals surface area contributed by atoms with Gasteiger partial charge in [0.15, 0.2) is 0 Å². The summed E-state index contributed by atoms with van der Waals surface area (Å²) in [5, 5.41) is 3.29. The maximum Gasteiger partial charge on any atom is 0.221 e. The molecule has 0 radical (unpaired) electrons. The van der Waals surface area contributed by atoms with Crippen LogP contribution in [0, 0.1) is 0 Å². The lowest BCUT2D eigenvalue weighted by Gasteiger charge is -2.10. The predicted molar refractivity (Wildman–Crippen MR) is 73.3 cm³/mol. The first kappa shape index (κ1) is 13.3. The van der Waals surface area contributed by atoms with Crippen LogP contribution in [0.25, 0.3) is 11.3 Å². The summed E-state index contributed by atoms with van der Waals surface area (Å²) >= 11 is 5.99. The Bertz CT molecular complexity index is 617. The number of methoxy groups -OCH3 is 1. The van der Waals surface area contributed by atoms with E-state index in [9.17, 15) is 4.79 Å². The lowest BCUT2D eigenvalue weighted by atomic mass is 10.1. The van der Waals surface area contributed by atoms with Gasteiger partial charge in [-0.3, -0.25) is 4.79 Å². The lowest BCUT2D eigenvalue weighted by Crippen LogP contribution is -2.07. The second kappa shape index (κ2) is 5.67. The van der Waals surface area contributed by atoms with Gasteiger partial charge in [0.1, 0.15) is 6.33 Å². The van der Waals surface area contributed by atoms with Gasteiger partial charge in [0.05, 0.1) is 18.5 Å². The van der Waals surface area contributed by atoms with Gasteiger partial charge in [-0.1, -0.05) is 11.6 Å². The number of amides is 1. The molecule has 6 heteroatoms. The highest BCUT2D eigenvalue weighted by Crippen LogP contribution is 2.30. The molecule has 98 valence electrons. The maximum absolute atomic E-state index is 11.2. The van der Waals surface area contributed by atoms with Gasteiger partial charge < -0.3 is 10.1 Å². The number of nitrogens with zero attached hydrogens (tertiary/aromatic N) is 2. The summed E-state index contributed by atoms with van der Waals surface area (Å²) in [5.41, 5.74) is 1.97. The van der Waals surface area contributed by atoms with Gasteiger partial charge in [-0.05, 0) is 18.2 Å². The molecule has 0 saturated carbocycles. The quantitative estimate of drug-likeness (QED) is 0.937. The van der Waals surface area contributed by atoms with Crippen molar-refractivity contribution in [3.8, 4) is 17.1 Å². The highest BCUT2D eigenvalue weighted by Gasteiger charge is 2.10. The molecule has 1 heterocycles. The number of hydrogen-bond acceptors (Lipinski definition) is 4. The molecule has 0 fully saturated rings. The van der Waals surface area contributed by atoms with E-state index in [-0.39, 0.29) is 5.91 Å². The van der Waals surface area contributed by atoms with Crippen molar-refractivity contribution in [3.05, 3.63) is 35.6 Å². The van der Waals surface area contributed by atoms with Crippen molar-refractivity contribution in [3.63, 3.8) is 0 Å². The maximum atomic E-state index is 11.2. The average Bonchev–Trinajstić information content (AvgIpc) is 2.40. The van der Waals surface area contributed by atoms with E-state index in [0.717, 1.165) is 0 Å². The Morgan fingerprint density at radius 3 is 2.79 bits per heavy atom. The van der Waals surface area contributed by atoms with Crippen LogP contribution in [0.3, 0.4) is 0 Å². The van der Waals surface area contributed by atoms with Crippen LogP contribution >= 0.6 is 11.6 Å². The highest BCUT2D eigenvalue weighted by atomic mass is 35.5. The minimum Gasteiger partial charge on any atom is -0.481 e. The van der Waals surface area contributed by atoms with Crippen LogP contribution in [0.1, 0.15) is 6.92 Å². The van der Waals surface area contributed by atoms with Crippen molar-refractivity contribution in [1.29, 1.82) is 0 Å². The Labute approximate surface area is 115 Å². The molecule has 0 saturated heterocycles. The van der Waals surface area contributed by atoms with E-state index < -0.39 is 0 Å². The molecule has 1 N–H and O–H groups in total. The summed E-state index contributed by atoms with van der Waals surface area (Å²) in [6.45, 7) is 1.44. The topological polar surface area (TPSA) is 64.1 Å². The monoisotopic (exact) mass is 277 g/mol. The third kappa shape index (κ3) is 3.20. The Morgan fingerprint density at radius 2 is 2.11 bits per heavy atom. The van der Waals surface area contributed by atoms with Crippen LogP contribution in [0.5, 0.6) is 5.88 Å². The Hall–Kier alpha value is -2.14. The summed E-state index contributed by atoms with van der Waals surface area (Å²) in [7, 11) is 1.53. The zero-order valence-electron chi connectivity index (χ0n) is 10.5. The van der Waals surface area contributed by atoms with Crippen LogP contribution in [-0.4, -0.2) is 23.0 Å². The molecule has 0 aliphatic rings. The van der Waals surface area contributed by atoms with Crippen LogP contribution < -0.4 is 10.1 Å². The molecule has 2 aromatic rings. The van der Waals surface area contributed by atoms with Gasteiger partial charge in [-0.15, -0.1) is 0 Å². The number of aromatic nitrogens is 2. The first-order valence-corrected chi connectivity index (χ1v) is 5.91. The fraction of sp³-hybridized carbons (Fsp3) is 0.154. The summed E-state index contributed by atoms with van der Waals surface area (Å²) in [6.07, 6.45) is 1.40. The van der Waals surface area contributed by atoms with Gasteiger partial charge in [0.2, 0.25) is 11.8 Å². The molecular weight excluding hydrogens is 266 g/mol. The number of carbonyl (C=O) groups is 1. The van der Waals surface area contributed by atoms with Crippen LogP contribution in [0.15, 0.2) is 30.6 Å². The van der Waals surface area contributed by atoms with E-state index in [2.05, 4.69) is 15.3 Å². The van der Waals surface area contributed by atoms with E-state index in [4.69, 9.17) is 16.3 Å². The fourth-order valence-corrected chi connectivity index (χ4v) is 1.80.